The molecule has 0 aliphatic rings. The van der Waals surface area contributed by atoms with Crippen molar-refractivity contribution in [1.82, 2.24) is 5.16 Å². The van der Waals surface area contributed by atoms with Crippen LogP contribution in [0.15, 0.2) is 29.0 Å². The van der Waals surface area contributed by atoms with Gasteiger partial charge in [-0.3, -0.25) is 0 Å². The van der Waals surface area contributed by atoms with Gasteiger partial charge < -0.3 is 20.4 Å². The molecule has 2 rings (SSSR count). The smallest absolute Gasteiger partial charge is 0.139 e. The Morgan fingerprint density at radius 1 is 1.61 bits per heavy atom. The van der Waals surface area contributed by atoms with Gasteiger partial charge in [0.15, 0.2) is 0 Å². The zero-order chi connectivity index (χ0) is 13.0. The van der Waals surface area contributed by atoms with Gasteiger partial charge in [-0.25, -0.2) is 0 Å². The first-order valence-electron chi connectivity index (χ1n) is 5.10. The Morgan fingerprint density at radius 3 is 3.06 bits per heavy atom. The number of nitriles is 1. The van der Waals surface area contributed by atoms with Gasteiger partial charge in [-0.1, -0.05) is 5.16 Å². The molecule has 1 aromatic carbocycles. The quantitative estimate of drug-likeness (QED) is 0.631. The van der Waals surface area contributed by atoms with Crippen molar-refractivity contribution in [3.63, 3.8) is 0 Å². The van der Waals surface area contributed by atoms with Crippen LogP contribution in [0.4, 0.5) is 5.69 Å². The number of hydrogen-bond donors (Lipinski definition) is 2. The Balaban J connectivity index is 0.00000180. The molecule has 0 radical (unpaired) electrons. The van der Waals surface area contributed by atoms with Gasteiger partial charge in [0.05, 0.1) is 5.56 Å². The first-order chi connectivity index (χ1) is 8.74. The Kier molecular flexibility index (Phi) is 3.25. The van der Waals surface area contributed by atoms with E-state index in [1.807, 2.05) is 6.07 Å². The molecule has 0 aliphatic carbocycles. The van der Waals surface area contributed by atoms with E-state index in [-0.39, 0.29) is 8.03 Å². The summed E-state index contributed by atoms with van der Waals surface area (Å²) in [5.41, 5.74) is 7.55. The summed E-state index contributed by atoms with van der Waals surface area (Å²) in [4.78, 5) is 0. The fourth-order valence-electron chi connectivity index (χ4n) is 1.41. The van der Waals surface area contributed by atoms with E-state index in [1.54, 1.807) is 6.07 Å². The summed E-state index contributed by atoms with van der Waals surface area (Å²) in [5, 5.41) is 19.9. The van der Waals surface area contributed by atoms with Crippen molar-refractivity contribution >= 4 is 11.9 Å². The Bertz CT molecular complexity index is 605. The first kappa shape index (κ1) is 11.7. The van der Waals surface area contributed by atoms with Crippen LogP contribution in [0.2, 0.25) is 0 Å². The van der Waals surface area contributed by atoms with Gasteiger partial charge in [-0.2, -0.15) is 5.26 Å². The Morgan fingerprint density at radius 2 is 2.44 bits per heavy atom. The maximum Gasteiger partial charge on any atom is 0.139 e. The van der Waals surface area contributed by atoms with Gasteiger partial charge in [0.1, 0.15) is 30.4 Å². The lowest BCUT2D eigenvalue weighted by molar-refractivity contribution is 0.288. The maximum atomic E-state index is 9.01. The average Bonchev–Trinajstić information content (AvgIpc) is 2.89. The van der Waals surface area contributed by atoms with Crippen molar-refractivity contribution < 1.29 is 10.7 Å². The molecule has 0 saturated heterocycles. The fraction of sp³-hybridized carbons (Fsp3) is 0.0833. The molecule has 92 valence electrons. The van der Waals surface area contributed by atoms with E-state index < -0.39 is 0 Å². The molecule has 1 heterocycles. The Hall–Kier alpha value is -2.81. The van der Waals surface area contributed by atoms with Gasteiger partial charge in [-0.15, -0.1) is 0 Å². The van der Waals surface area contributed by atoms with Crippen LogP contribution < -0.4 is 10.5 Å². The van der Waals surface area contributed by atoms with Crippen LogP contribution in [0.5, 0.6) is 5.75 Å². The lowest BCUT2D eigenvalue weighted by Gasteiger charge is -2.08. The molecule has 1 aromatic heterocycles. The van der Waals surface area contributed by atoms with Crippen molar-refractivity contribution in [2.75, 3.05) is 5.73 Å². The molecule has 0 amide bonds. The van der Waals surface area contributed by atoms with Gasteiger partial charge >= 0.3 is 0 Å². The molecule has 0 unspecified atom stereocenters. The molecule has 2 aromatic rings. The lowest BCUT2D eigenvalue weighted by Crippen LogP contribution is -2.01. The van der Waals surface area contributed by atoms with Gasteiger partial charge in [-0.05, 0) is 6.07 Å². The molecular formula is C12H12N4O2. The number of nitrogens with two attached hydrogens (primary N) is 1. The summed E-state index contributed by atoms with van der Waals surface area (Å²) < 4.78 is 10.1. The van der Waals surface area contributed by atoms with Crippen molar-refractivity contribution in [1.29, 1.82) is 10.7 Å². The van der Waals surface area contributed by atoms with Crippen LogP contribution in [0.1, 0.15) is 18.2 Å². The second-order valence-corrected chi connectivity index (χ2v) is 3.51. The minimum Gasteiger partial charge on any atom is -0.486 e. The minimum absolute atomic E-state index is 0. The number of rotatable bonds is 4. The SMILES string of the molecule is N#Cc1cc(C=N)c(N)cc1OCc1ccon1.[HH]. The van der Waals surface area contributed by atoms with Crippen molar-refractivity contribution in [2.45, 2.75) is 6.61 Å². The third-order valence-electron chi connectivity index (χ3n) is 2.33. The van der Waals surface area contributed by atoms with E-state index in [0.29, 0.717) is 28.3 Å². The number of nitrogens with one attached hydrogen (secondary N) is 1. The number of nitrogen functional groups attached to an aromatic ring is 1. The van der Waals surface area contributed by atoms with E-state index >= 15 is 0 Å². The predicted molar refractivity (Wildman–Crippen MR) is 66.4 cm³/mol. The molecule has 0 fully saturated rings. The third kappa shape index (κ3) is 2.30. The summed E-state index contributed by atoms with van der Waals surface area (Å²) in [7, 11) is 0. The zero-order valence-corrected chi connectivity index (χ0v) is 9.38. The topological polar surface area (TPSA) is 109 Å². The summed E-state index contributed by atoms with van der Waals surface area (Å²) in [5.74, 6) is 0.364. The zero-order valence-electron chi connectivity index (χ0n) is 9.38. The van der Waals surface area contributed by atoms with E-state index in [9.17, 15) is 0 Å². The van der Waals surface area contributed by atoms with Crippen molar-refractivity contribution in [3.05, 3.63) is 41.3 Å². The van der Waals surface area contributed by atoms with Crippen LogP contribution in [0, 0.1) is 16.7 Å². The summed E-state index contributed by atoms with van der Waals surface area (Å²) in [6.45, 7) is 0.189. The van der Waals surface area contributed by atoms with Crippen molar-refractivity contribution in [2.24, 2.45) is 0 Å². The molecule has 6 nitrogen and oxygen atoms in total. The lowest BCUT2D eigenvalue weighted by atomic mass is 10.1. The Labute approximate surface area is 105 Å². The highest BCUT2D eigenvalue weighted by Crippen LogP contribution is 2.24. The number of aromatic nitrogens is 1. The minimum atomic E-state index is 0. The number of anilines is 1. The second-order valence-electron chi connectivity index (χ2n) is 3.51. The third-order valence-corrected chi connectivity index (χ3v) is 2.33. The summed E-state index contributed by atoms with van der Waals surface area (Å²) >= 11 is 0. The summed E-state index contributed by atoms with van der Waals surface area (Å²) in [6.07, 6.45) is 2.54. The number of nitrogens with zero attached hydrogens (tertiary/aromatic N) is 2. The van der Waals surface area contributed by atoms with E-state index in [2.05, 4.69) is 9.68 Å². The van der Waals surface area contributed by atoms with Crippen LogP contribution in [-0.2, 0) is 6.61 Å². The van der Waals surface area contributed by atoms with E-state index in [1.165, 1.54) is 18.4 Å². The largest absolute Gasteiger partial charge is 0.486 e. The van der Waals surface area contributed by atoms with E-state index in [0.717, 1.165) is 6.21 Å². The van der Waals surface area contributed by atoms with Crippen LogP contribution in [0.25, 0.3) is 0 Å². The predicted octanol–water partition coefficient (Wildman–Crippen LogP) is 1.95. The molecule has 18 heavy (non-hydrogen) atoms. The van der Waals surface area contributed by atoms with Gasteiger partial charge in [0, 0.05) is 31.0 Å². The van der Waals surface area contributed by atoms with Crippen LogP contribution >= 0.6 is 0 Å². The van der Waals surface area contributed by atoms with Gasteiger partial charge in [0.2, 0.25) is 0 Å². The van der Waals surface area contributed by atoms with Crippen LogP contribution in [-0.4, -0.2) is 11.4 Å². The summed E-state index contributed by atoms with van der Waals surface area (Å²) in [6, 6.07) is 6.71. The first-order valence-corrected chi connectivity index (χ1v) is 5.10. The second kappa shape index (κ2) is 5.01. The van der Waals surface area contributed by atoms with Gasteiger partial charge in [0.25, 0.3) is 0 Å². The van der Waals surface area contributed by atoms with E-state index in [4.69, 9.17) is 21.1 Å². The highest BCUT2D eigenvalue weighted by atomic mass is 16.5. The average molecular weight is 244 g/mol. The fourth-order valence-corrected chi connectivity index (χ4v) is 1.41. The molecular weight excluding hydrogens is 232 g/mol. The standard InChI is InChI=1S/C12H10N4O2.H2/c13-5-8-3-9(6-14)12(4-11(8)15)17-7-10-1-2-18-16-10;/h1-5,13H,7,15H2;1H. The monoisotopic (exact) mass is 244 g/mol. The van der Waals surface area contributed by atoms with Crippen LogP contribution in [0.3, 0.4) is 0 Å². The number of hydrogen-bond acceptors (Lipinski definition) is 6. The molecule has 0 atom stereocenters. The number of benzene rings is 1. The molecule has 0 spiro atoms. The molecule has 0 bridgehead atoms. The number of ether oxygens (including phenoxy) is 1. The molecule has 0 saturated carbocycles. The van der Waals surface area contributed by atoms with Crippen molar-refractivity contribution in [3.8, 4) is 11.8 Å². The maximum absolute atomic E-state index is 9.01. The highest BCUT2D eigenvalue weighted by molar-refractivity contribution is 5.86. The normalized spacial score (nSPS) is 9.72. The molecule has 6 heteroatoms. The molecule has 0 aliphatic heterocycles. The molecule has 3 N–H and O–H groups in total. The highest BCUT2D eigenvalue weighted by Gasteiger charge is 2.09.